The maximum atomic E-state index is 10.3. The van der Waals surface area contributed by atoms with Crippen LogP contribution in [0.15, 0.2) is 24.1 Å². The number of hydrogen-bond acceptors (Lipinski definition) is 3. The molecule has 0 aromatic heterocycles. The molecule has 2 N–H and O–H groups in total. The Balaban J connectivity index is 2.60. The highest BCUT2D eigenvalue weighted by atomic mass is 127. The van der Waals surface area contributed by atoms with E-state index < -0.39 is 5.97 Å². The van der Waals surface area contributed by atoms with Crippen LogP contribution in [0.25, 0.3) is 0 Å². The topological polar surface area (TPSA) is 60.8 Å². The molecule has 0 radical (unpaired) electrons. The highest BCUT2D eigenvalue weighted by Gasteiger charge is 2.15. The van der Waals surface area contributed by atoms with Crippen LogP contribution >= 0.6 is 22.6 Å². The third-order valence-corrected chi connectivity index (χ3v) is 2.45. The van der Waals surface area contributed by atoms with Crippen LogP contribution in [0.1, 0.15) is 0 Å². The van der Waals surface area contributed by atoms with Crippen LogP contribution < -0.4 is 0 Å². The summed E-state index contributed by atoms with van der Waals surface area (Å²) in [7, 11) is 0. The lowest BCUT2D eigenvalue weighted by molar-refractivity contribution is -0.137. The van der Waals surface area contributed by atoms with E-state index >= 15 is 0 Å². The Morgan fingerprint density at radius 3 is 2.92 bits per heavy atom. The number of carbonyl (C=O) groups is 1. The number of carboxylic acid groups (broad SMARTS) is 1. The summed E-state index contributed by atoms with van der Waals surface area (Å²) >= 11 is 2.04. The third kappa shape index (κ3) is 2.40. The molecule has 1 rings (SSSR count). The minimum absolute atomic E-state index is 0.0477. The number of aliphatic carboxylic acids is 1. The molecule has 4 nitrogen and oxygen atoms in total. The normalized spacial score (nSPS) is 22.2. The average Bonchev–Trinajstić information content (AvgIpc) is 1.94. The summed E-state index contributed by atoms with van der Waals surface area (Å²) in [6.45, 7) is -0.0477. The molecule has 0 aliphatic carbocycles. The van der Waals surface area contributed by atoms with Crippen molar-refractivity contribution in [1.82, 2.24) is 4.90 Å². The van der Waals surface area contributed by atoms with Crippen molar-refractivity contribution < 1.29 is 15.0 Å². The van der Waals surface area contributed by atoms with Crippen LogP contribution in [-0.4, -0.2) is 31.7 Å². The van der Waals surface area contributed by atoms with E-state index in [2.05, 4.69) is 0 Å². The Morgan fingerprint density at radius 1 is 1.75 bits per heavy atom. The van der Waals surface area contributed by atoms with Gasteiger partial charge in [-0.1, -0.05) is 22.6 Å². The quantitative estimate of drug-likeness (QED) is 0.452. The van der Waals surface area contributed by atoms with E-state index in [-0.39, 0.29) is 16.4 Å². The molecule has 1 aliphatic rings. The summed E-state index contributed by atoms with van der Waals surface area (Å²) in [6.07, 6.45) is 4.63. The van der Waals surface area contributed by atoms with Gasteiger partial charge in [-0.2, -0.15) is 0 Å². The second-order valence-corrected chi connectivity index (χ2v) is 3.62. The van der Waals surface area contributed by atoms with E-state index in [0.717, 1.165) is 0 Å². The summed E-state index contributed by atoms with van der Waals surface area (Å²) in [6, 6.07) is 0. The molecule has 0 aromatic carbocycles. The molecule has 0 fully saturated rings. The van der Waals surface area contributed by atoms with Crippen molar-refractivity contribution in [2.24, 2.45) is 0 Å². The number of halogens is 1. The Labute approximate surface area is 83.3 Å². The smallest absolute Gasteiger partial charge is 0.323 e. The van der Waals surface area contributed by atoms with Gasteiger partial charge in [0.25, 0.3) is 0 Å². The predicted molar refractivity (Wildman–Crippen MR) is 52.0 cm³/mol. The molecule has 1 unspecified atom stereocenters. The molecule has 0 aromatic rings. The summed E-state index contributed by atoms with van der Waals surface area (Å²) in [5.74, 6) is -0.702. The first-order chi connectivity index (χ1) is 5.59. The lowest BCUT2D eigenvalue weighted by Crippen LogP contribution is -2.31. The summed E-state index contributed by atoms with van der Waals surface area (Å²) < 4.78 is -0.0938. The largest absolute Gasteiger partial charge is 0.508 e. The van der Waals surface area contributed by atoms with Crippen molar-refractivity contribution in [2.45, 2.75) is 4.05 Å². The van der Waals surface area contributed by atoms with Gasteiger partial charge in [0.05, 0.1) is 0 Å². The van der Waals surface area contributed by atoms with Crippen LogP contribution in [-0.2, 0) is 4.79 Å². The first-order valence-corrected chi connectivity index (χ1v) is 4.55. The van der Waals surface area contributed by atoms with Gasteiger partial charge in [0.2, 0.25) is 0 Å². The van der Waals surface area contributed by atoms with Gasteiger partial charge in [0.15, 0.2) is 0 Å². The standard InChI is InChI=1S/C7H8INO3/c8-6-3-5(10)1-2-9(6)4-7(11)12/h1-3,6,10H,4H2,(H,11,12). The zero-order valence-corrected chi connectivity index (χ0v) is 8.30. The third-order valence-electron chi connectivity index (χ3n) is 1.38. The van der Waals surface area contributed by atoms with Crippen LogP contribution in [0.3, 0.4) is 0 Å². The zero-order chi connectivity index (χ0) is 9.14. The van der Waals surface area contributed by atoms with Gasteiger partial charge < -0.3 is 15.1 Å². The van der Waals surface area contributed by atoms with E-state index in [9.17, 15) is 4.79 Å². The van der Waals surface area contributed by atoms with Crippen LogP contribution in [0.4, 0.5) is 0 Å². The fourth-order valence-electron chi connectivity index (χ4n) is 0.843. The number of carboxylic acids is 1. The van der Waals surface area contributed by atoms with Gasteiger partial charge in [-0.15, -0.1) is 0 Å². The fraction of sp³-hybridized carbons (Fsp3) is 0.286. The summed E-state index contributed by atoms with van der Waals surface area (Å²) in [5.41, 5.74) is 0. The Bertz CT molecular complexity index is 249. The summed E-state index contributed by atoms with van der Waals surface area (Å²) in [4.78, 5) is 11.9. The van der Waals surface area contributed by atoms with Gasteiger partial charge >= 0.3 is 5.97 Å². The number of hydrogen-bond donors (Lipinski definition) is 2. The van der Waals surface area contributed by atoms with E-state index in [4.69, 9.17) is 10.2 Å². The van der Waals surface area contributed by atoms with Crippen molar-refractivity contribution in [2.75, 3.05) is 6.54 Å². The van der Waals surface area contributed by atoms with Gasteiger partial charge in [0, 0.05) is 6.20 Å². The molecule has 0 saturated heterocycles. The fourth-order valence-corrected chi connectivity index (χ4v) is 1.59. The van der Waals surface area contributed by atoms with Crippen molar-refractivity contribution in [3.05, 3.63) is 24.1 Å². The summed E-state index contributed by atoms with van der Waals surface area (Å²) in [5, 5.41) is 17.5. The lowest BCUT2D eigenvalue weighted by atomic mass is 10.3. The predicted octanol–water partition coefficient (Wildman–Crippen LogP) is 1.10. The maximum absolute atomic E-state index is 10.3. The second-order valence-electron chi connectivity index (χ2n) is 2.35. The van der Waals surface area contributed by atoms with E-state index in [1.54, 1.807) is 17.2 Å². The number of allylic oxidation sites excluding steroid dienone is 1. The average molecular weight is 281 g/mol. The van der Waals surface area contributed by atoms with E-state index in [0.29, 0.717) is 0 Å². The van der Waals surface area contributed by atoms with Crippen molar-refractivity contribution in [1.29, 1.82) is 0 Å². The lowest BCUT2D eigenvalue weighted by Gasteiger charge is -2.24. The molecule has 66 valence electrons. The van der Waals surface area contributed by atoms with E-state index in [1.807, 2.05) is 22.6 Å². The first-order valence-electron chi connectivity index (χ1n) is 3.30. The van der Waals surface area contributed by atoms with Gasteiger partial charge in [-0.05, 0) is 12.2 Å². The van der Waals surface area contributed by atoms with Gasteiger partial charge in [0.1, 0.15) is 16.4 Å². The van der Waals surface area contributed by atoms with Crippen LogP contribution in [0, 0.1) is 0 Å². The van der Waals surface area contributed by atoms with Crippen LogP contribution in [0.5, 0.6) is 0 Å². The molecule has 0 spiro atoms. The van der Waals surface area contributed by atoms with Crippen molar-refractivity contribution in [3.8, 4) is 0 Å². The SMILES string of the molecule is O=C(O)CN1C=CC(O)=CC1I. The molecule has 0 bridgehead atoms. The first kappa shape index (κ1) is 9.37. The van der Waals surface area contributed by atoms with Crippen molar-refractivity contribution in [3.63, 3.8) is 0 Å². The highest BCUT2D eigenvalue weighted by Crippen LogP contribution is 2.16. The molecule has 1 aliphatic heterocycles. The number of aliphatic hydroxyl groups is 1. The Kier molecular flexibility index (Phi) is 2.96. The van der Waals surface area contributed by atoms with Gasteiger partial charge in [-0.3, -0.25) is 4.79 Å². The number of alkyl halides is 1. The minimum atomic E-state index is -0.879. The number of aliphatic hydroxyl groups excluding tert-OH is 1. The maximum Gasteiger partial charge on any atom is 0.323 e. The Morgan fingerprint density at radius 2 is 2.42 bits per heavy atom. The Hall–Kier alpha value is -0.720. The molecular weight excluding hydrogens is 273 g/mol. The number of nitrogens with zero attached hydrogens (tertiary/aromatic N) is 1. The molecule has 1 atom stereocenters. The minimum Gasteiger partial charge on any atom is -0.508 e. The second kappa shape index (κ2) is 3.79. The highest BCUT2D eigenvalue weighted by molar-refractivity contribution is 14.1. The molecule has 5 heteroatoms. The van der Waals surface area contributed by atoms with Crippen molar-refractivity contribution >= 4 is 28.6 Å². The number of rotatable bonds is 2. The molecular formula is C7H8INO3. The van der Waals surface area contributed by atoms with Gasteiger partial charge in [-0.25, -0.2) is 0 Å². The van der Waals surface area contributed by atoms with E-state index in [1.165, 1.54) is 6.08 Å². The zero-order valence-electron chi connectivity index (χ0n) is 6.14. The molecule has 0 amide bonds. The molecule has 1 heterocycles. The molecule has 0 saturated carbocycles. The monoisotopic (exact) mass is 281 g/mol. The van der Waals surface area contributed by atoms with Crippen LogP contribution in [0.2, 0.25) is 0 Å². The molecule has 12 heavy (non-hydrogen) atoms.